The Balaban J connectivity index is 1.90. The second kappa shape index (κ2) is 5.43. The fourth-order valence-electron chi connectivity index (χ4n) is 3.77. The van der Waals surface area contributed by atoms with Gasteiger partial charge in [-0.05, 0) is 43.4 Å². The quantitative estimate of drug-likeness (QED) is 0.875. The normalized spacial score (nSPS) is 33.4. The lowest BCUT2D eigenvalue weighted by atomic mass is 9.80. The van der Waals surface area contributed by atoms with Crippen molar-refractivity contribution in [1.82, 2.24) is 5.32 Å². The van der Waals surface area contributed by atoms with Crippen LogP contribution in [0.4, 0.5) is 0 Å². The maximum Gasteiger partial charge on any atom is 0.251 e. The zero-order chi connectivity index (χ0) is 15.1. The topological polar surface area (TPSA) is 64.3 Å². The molecule has 1 amide bonds. The second-order valence-corrected chi connectivity index (χ2v) is 6.43. The summed E-state index contributed by atoms with van der Waals surface area (Å²) in [5.74, 6) is 0.715. The molecule has 4 heteroatoms. The lowest BCUT2D eigenvalue weighted by molar-refractivity contribution is 0.0489. The molecule has 4 nitrogen and oxygen atoms in total. The molecule has 0 aliphatic carbocycles. The Kier molecular flexibility index (Phi) is 3.76. The van der Waals surface area contributed by atoms with Crippen LogP contribution >= 0.6 is 0 Å². The van der Waals surface area contributed by atoms with E-state index < -0.39 is 0 Å². The smallest absolute Gasteiger partial charge is 0.251 e. The summed E-state index contributed by atoms with van der Waals surface area (Å²) in [7, 11) is 0. The molecular weight excluding hydrogens is 264 g/mol. The molecular formula is C17H24N2O2. The number of nitrogens with one attached hydrogen (secondary N) is 1. The number of carbonyl (C=O) groups is 1. The molecule has 21 heavy (non-hydrogen) atoms. The molecule has 1 aromatic rings. The molecule has 0 saturated carbocycles. The van der Waals surface area contributed by atoms with E-state index >= 15 is 0 Å². The summed E-state index contributed by atoms with van der Waals surface area (Å²) in [5, 5.41) is 2.89. The Morgan fingerprint density at radius 3 is 2.71 bits per heavy atom. The third-order valence-electron chi connectivity index (χ3n) is 5.18. The summed E-state index contributed by atoms with van der Waals surface area (Å²) in [6.45, 7) is 7.12. The zero-order valence-corrected chi connectivity index (χ0v) is 12.9. The van der Waals surface area contributed by atoms with E-state index in [2.05, 4.69) is 38.2 Å². The lowest BCUT2D eigenvalue weighted by Gasteiger charge is -2.27. The van der Waals surface area contributed by atoms with Crippen molar-refractivity contribution in [2.45, 2.75) is 45.4 Å². The molecule has 3 rings (SSSR count). The summed E-state index contributed by atoms with van der Waals surface area (Å²) < 4.78 is 5.90. The minimum atomic E-state index is -0.0972. The van der Waals surface area contributed by atoms with E-state index in [1.807, 2.05) is 6.07 Å². The highest BCUT2D eigenvalue weighted by Crippen LogP contribution is 2.39. The van der Waals surface area contributed by atoms with Gasteiger partial charge in [-0.3, -0.25) is 4.79 Å². The maximum absolute atomic E-state index is 12.0. The van der Waals surface area contributed by atoms with Crippen LogP contribution in [0.3, 0.4) is 0 Å². The van der Waals surface area contributed by atoms with Crippen molar-refractivity contribution >= 4 is 5.91 Å². The second-order valence-electron chi connectivity index (χ2n) is 6.43. The predicted molar refractivity (Wildman–Crippen MR) is 82.1 cm³/mol. The van der Waals surface area contributed by atoms with Gasteiger partial charge < -0.3 is 15.8 Å². The van der Waals surface area contributed by atoms with Crippen LogP contribution in [0.2, 0.25) is 0 Å². The van der Waals surface area contributed by atoms with Crippen LogP contribution in [0.1, 0.15) is 48.3 Å². The molecule has 1 aromatic carbocycles. The number of benzene rings is 1. The van der Waals surface area contributed by atoms with E-state index in [9.17, 15) is 4.79 Å². The van der Waals surface area contributed by atoms with E-state index in [0.717, 1.165) is 29.7 Å². The summed E-state index contributed by atoms with van der Waals surface area (Å²) in [6.07, 6.45) is 1.28. The van der Waals surface area contributed by atoms with Crippen molar-refractivity contribution in [3.63, 3.8) is 0 Å². The van der Waals surface area contributed by atoms with Gasteiger partial charge in [-0.15, -0.1) is 0 Å². The van der Waals surface area contributed by atoms with Crippen molar-refractivity contribution in [2.24, 2.45) is 17.6 Å². The molecule has 2 aliphatic heterocycles. The summed E-state index contributed by atoms with van der Waals surface area (Å²) >= 11 is 0. The van der Waals surface area contributed by atoms with Crippen LogP contribution in [0.15, 0.2) is 18.2 Å². The SMILES string of the molecule is CC1OC(C)C(C(N)c2ccc3c(c2)C(=O)NCC3)C1C. The fourth-order valence-corrected chi connectivity index (χ4v) is 3.77. The predicted octanol–water partition coefficient (Wildman–Crippen LogP) is 2.03. The molecule has 1 fully saturated rings. The first-order chi connectivity index (χ1) is 9.99. The van der Waals surface area contributed by atoms with Gasteiger partial charge in [0.15, 0.2) is 0 Å². The van der Waals surface area contributed by atoms with Gasteiger partial charge in [0.05, 0.1) is 12.2 Å². The van der Waals surface area contributed by atoms with Gasteiger partial charge in [-0.25, -0.2) is 0 Å². The number of carbonyl (C=O) groups excluding carboxylic acids is 1. The van der Waals surface area contributed by atoms with Crippen molar-refractivity contribution in [3.05, 3.63) is 34.9 Å². The van der Waals surface area contributed by atoms with E-state index in [1.165, 1.54) is 0 Å². The Morgan fingerprint density at radius 2 is 2.05 bits per heavy atom. The van der Waals surface area contributed by atoms with Gasteiger partial charge in [0.25, 0.3) is 5.91 Å². The number of hydrogen-bond acceptors (Lipinski definition) is 3. The van der Waals surface area contributed by atoms with Crippen LogP contribution in [0, 0.1) is 11.8 Å². The van der Waals surface area contributed by atoms with E-state index in [-0.39, 0.29) is 30.1 Å². The summed E-state index contributed by atoms with van der Waals surface area (Å²) in [6, 6.07) is 6.00. The van der Waals surface area contributed by atoms with Gasteiger partial charge in [0, 0.05) is 24.1 Å². The lowest BCUT2D eigenvalue weighted by Crippen LogP contribution is -2.33. The largest absolute Gasteiger partial charge is 0.375 e. The first kappa shape index (κ1) is 14.5. The molecule has 5 unspecified atom stereocenters. The third-order valence-corrected chi connectivity index (χ3v) is 5.18. The van der Waals surface area contributed by atoms with E-state index in [1.54, 1.807) is 0 Å². The molecule has 0 bridgehead atoms. The number of nitrogens with two attached hydrogens (primary N) is 1. The van der Waals surface area contributed by atoms with Crippen LogP contribution in [-0.4, -0.2) is 24.7 Å². The third kappa shape index (κ3) is 2.47. The first-order valence-corrected chi connectivity index (χ1v) is 7.81. The molecule has 114 valence electrons. The monoisotopic (exact) mass is 288 g/mol. The van der Waals surface area contributed by atoms with Gasteiger partial charge in [-0.2, -0.15) is 0 Å². The standard InChI is InChI=1S/C17H24N2O2/c1-9-10(2)21-11(3)15(9)16(18)13-5-4-12-6-7-19-17(20)14(12)8-13/h4-5,8-11,15-16H,6-7,18H2,1-3H3,(H,19,20). The Bertz CT molecular complexity index is 558. The van der Waals surface area contributed by atoms with Gasteiger partial charge in [0.2, 0.25) is 0 Å². The average Bonchev–Trinajstić information content (AvgIpc) is 2.71. The number of hydrogen-bond donors (Lipinski definition) is 2. The van der Waals surface area contributed by atoms with Crippen LogP contribution in [-0.2, 0) is 11.2 Å². The van der Waals surface area contributed by atoms with Crippen molar-refractivity contribution in [2.75, 3.05) is 6.54 Å². The fraction of sp³-hybridized carbons (Fsp3) is 0.588. The van der Waals surface area contributed by atoms with Crippen LogP contribution < -0.4 is 11.1 Å². The van der Waals surface area contributed by atoms with Crippen molar-refractivity contribution < 1.29 is 9.53 Å². The summed E-state index contributed by atoms with van der Waals surface area (Å²) in [5.41, 5.74) is 9.44. The molecule has 2 heterocycles. The molecule has 3 N–H and O–H groups in total. The van der Waals surface area contributed by atoms with Crippen LogP contribution in [0.25, 0.3) is 0 Å². The molecule has 5 atom stereocenters. The Hall–Kier alpha value is -1.39. The van der Waals surface area contributed by atoms with E-state index in [0.29, 0.717) is 5.92 Å². The van der Waals surface area contributed by atoms with Crippen LogP contribution in [0.5, 0.6) is 0 Å². The van der Waals surface area contributed by atoms with Gasteiger partial charge >= 0.3 is 0 Å². The van der Waals surface area contributed by atoms with Gasteiger partial charge in [-0.1, -0.05) is 19.1 Å². The van der Waals surface area contributed by atoms with Crippen molar-refractivity contribution in [3.8, 4) is 0 Å². The Labute approximate surface area is 126 Å². The molecule has 0 spiro atoms. The molecule has 0 radical (unpaired) electrons. The number of fused-ring (bicyclic) bond motifs is 1. The van der Waals surface area contributed by atoms with Crippen molar-refractivity contribution in [1.29, 1.82) is 0 Å². The number of rotatable bonds is 2. The van der Waals surface area contributed by atoms with Gasteiger partial charge in [0.1, 0.15) is 0 Å². The summed E-state index contributed by atoms with van der Waals surface area (Å²) in [4.78, 5) is 12.0. The zero-order valence-electron chi connectivity index (χ0n) is 12.9. The molecule has 0 aromatic heterocycles. The minimum absolute atomic E-state index is 0.0161. The molecule has 2 aliphatic rings. The maximum atomic E-state index is 12.0. The number of ether oxygens (including phenoxy) is 1. The van der Waals surface area contributed by atoms with E-state index in [4.69, 9.17) is 10.5 Å². The molecule has 1 saturated heterocycles. The first-order valence-electron chi connectivity index (χ1n) is 7.81. The average molecular weight is 288 g/mol. The highest BCUT2D eigenvalue weighted by Gasteiger charge is 2.41. The minimum Gasteiger partial charge on any atom is -0.375 e. The Morgan fingerprint density at radius 1 is 1.29 bits per heavy atom. The highest BCUT2D eigenvalue weighted by atomic mass is 16.5. The highest BCUT2D eigenvalue weighted by molar-refractivity contribution is 5.96. The number of amides is 1.